The molecule has 17 heavy (non-hydrogen) atoms. The summed E-state index contributed by atoms with van der Waals surface area (Å²) in [5.41, 5.74) is 0. The molecule has 0 saturated heterocycles. The third kappa shape index (κ3) is 2.64. The molecular weight excluding hydrogens is 224 g/mol. The van der Waals surface area contributed by atoms with E-state index in [1.54, 1.807) is 0 Å². The Morgan fingerprint density at radius 3 is 2.65 bits per heavy atom. The molecule has 92 valence electrons. The summed E-state index contributed by atoms with van der Waals surface area (Å²) >= 11 is 0. The molecule has 1 aliphatic rings. The zero-order chi connectivity index (χ0) is 12.3. The Morgan fingerprint density at radius 1 is 1.35 bits per heavy atom. The number of hydrogen-bond donors (Lipinski definition) is 2. The maximum absolute atomic E-state index is 11.9. The van der Waals surface area contributed by atoms with Crippen LogP contribution in [0.4, 0.5) is 5.82 Å². The zero-order valence-electron chi connectivity index (χ0n) is 9.26. The van der Waals surface area contributed by atoms with Crippen molar-refractivity contribution < 1.29 is 19.2 Å². The second-order valence-corrected chi connectivity index (χ2v) is 4.21. The molecule has 1 fully saturated rings. The van der Waals surface area contributed by atoms with Gasteiger partial charge in [-0.1, -0.05) is 18.0 Å². The molecule has 1 amide bonds. The maximum atomic E-state index is 11.9. The van der Waals surface area contributed by atoms with Crippen molar-refractivity contribution in [3.63, 3.8) is 0 Å². The van der Waals surface area contributed by atoms with E-state index >= 15 is 0 Å². The van der Waals surface area contributed by atoms with Gasteiger partial charge in [0.15, 0.2) is 5.82 Å². The Morgan fingerprint density at radius 2 is 2.06 bits per heavy atom. The number of carboxylic acids is 1. The highest BCUT2D eigenvalue weighted by Crippen LogP contribution is 2.31. The van der Waals surface area contributed by atoms with Gasteiger partial charge in [0, 0.05) is 6.07 Å². The molecule has 0 unspecified atom stereocenters. The largest absolute Gasteiger partial charge is 0.481 e. The van der Waals surface area contributed by atoms with E-state index in [1.807, 2.05) is 0 Å². The number of hydrogen-bond acceptors (Lipinski definition) is 4. The van der Waals surface area contributed by atoms with Gasteiger partial charge < -0.3 is 14.9 Å². The highest BCUT2D eigenvalue weighted by Gasteiger charge is 2.35. The highest BCUT2D eigenvalue weighted by atomic mass is 16.5. The molecule has 0 aliphatic heterocycles. The summed E-state index contributed by atoms with van der Waals surface area (Å²) in [6, 6.07) is 1.52. The van der Waals surface area contributed by atoms with Crippen molar-refractivity contribution in [2.75, 3.05) is 5.32 Å². The fraction of sp³-hybridized carbons (Fsp3) is 0.545. The molecule has 0 bridgehead atoms. The van der Waals surface area contributed by atoms with Crippen LogP contribution in [0, 0.1) is 11.8 Å². The van der Waals surface area contributed by atoms with E-state index in [0.29, 0.717) is 18.7 Å². The maximum Gasteiger partial charge on any atom is 0.307 e. The molecule has 0 aromatic carbocycles. The Bertz CT molecular complexity index is 402. The van der Waals surface area contributed by atoms with Gasteiger partial charge in [0.25, 0.3) is 0 Å². The Kier molecular flexibility index (Phi) is 3.41. The van der Waals surface area contributed by atoms with Crippen molar-refractivity contribution in [1.82, 2.24) is 5.16 Å². The number of rotatable bonds is 3. The summed E-state index contributed by atoms with van der Waals surface area (Å²) in [6.45, 7) is 0. The Hall–Kier alpha value is -1.85. The van der Waals surface area contributed by atoms with Gasteiger partial charge in [-0.2, -0.15) is 0 Å². The van der Waals surface area contributed by atoms with Crippen molar-refractivity contribution >= 4 is 17.7 Å². The molecule has 1 aromatic heterocycles. The topological polar surface area (TPSA) is 92.4 Å². The van der Waals surface area contributed by atoms with Crippen LogP contribution in [0.25, 0.3) is 0 Å². The van der Waals surface area contributed by atoms with Crippen LogP contribution in [0.2, 0.25) is 0 Å². The first-order chi connectivity index (χ1) is 8.18. The summed E-state index contributed by atoms with van der Waals surface area (Å²) in [7, 11) is 0. The van der Waals surface area contributed by atoms with Crippen LogP contribution in [0.1, 0.15) is 25.7 Å². The molecule has 1 saturated carbocycles. The first-order valence-corrected chi connectivity index (χ1v) is 5.62. The predicted octanol–water partition coefficient (Wildman–Crippen LogP) is 1.50. The fourth-order valence-corrected chi connectivity index (χ4v) is 2.24. The molecule has 2 atom stereocenters. The van der Waals surface area contributed by atoms with Gasteiger partial charge in [0.05, 0.1) is 11.8 Å². The minimum Gasteiger partial charge on any atom is -0.481 e. The number of amides is 1. The first-order valence-electron chi connectivity index (χ1n) is 5.62. The number of nitrogens with one attached hydrogen (secondary N) is 1. The monoisotopic (exact) mass is 238 g/mol. The van der Waals surface area contributed by atoms with E-state index in [0.717, 1.165) is 12.8 Å². The number of carbonyl (C=O) groups excluding carboxylic acids is 1. The highest BCUT2D eigenvalue weighted by molar-refractivity contribution is 5.94. The number of aromatic nitrogens is 1. The lowest BCUT2D eigenvalue weighted by atomic mass is 9.79. The average molecular weight is 238 g/mol. The molecule has 0 radical (unpaired) electrons. The average Bonchev–Trinajstić information content (AvgIpc) is 2.81. The number of aliphatic carboxylic acids is 1. The molecule has 2 N–H and O–H groups in total. The first kappa shape index (κ1) is 11.6. The second kappa shape index (κ2) is 4.99. The van der Waals surface area contributed by atoms with Crippen molar-refractivity contribution in [1.29, 1.82) is 0 Å². The van der Waals surface area contributed by atoms with Crippen molar-refractivity contribution in [3.05, 3.63) is 12.3 Å². The Labute approximate surface area is 98.0 Å². The minimum absolute atomic E-state index is 0.286. The summed E-state index contributed by atoms with van der Waals surface area (Å²) < 4.78 is 4.60. The van der Waals surface area contributed by atoms with Gasteiger partial charge >= 0.3 is 5.97 Å². The van der Waals surface area contributed by atoms with E-state index in [1.165, 1.54) is 12.3 Å². The summed E-state index contributed by atoms with van der Waals surface area (Å²) in [4.78, 5) is 23.0. The predicted molar refractivity (Wildman–Crippen MR) is 58.2 cm³/mol. The standard InChI is InChI=1S/C11H14N2O4/c14-10(12-9-5-6-17-13-9)7-3-1-2-4-8(7)11(15)16/h5-8H,1-4H2,(H,15,16)(H,12,13,14)/t7-,8+/m1/s1. The fourth-order valence-electron chi connectivity index (χ4n) is 2.24. The second-order valence-electron chi connectivity index (χ2n) is 4.21. The number of nitrogens with zero attached hydrogens (tertiary/aromatic N) is 1. The van der Waals surface area contributed by atoms with Crippen LogP contribution < -0.4 is 5.32 Å². The lowest BCUT2D eigenvalue weighted by Gasteiger charge is -2.26. The molecule has 1 aliphatic carbocycles. The molecule has 6 heteroatoms. The van der Waals surface area contributed by atoms with Gasteiger partial charge in [-0.05, 0) is 12.8 Å². The van der Waals surface area contributed by atoms with Crippen LogP contribution in [0.3, 0.4) is 0 Å². The van der Waals surface area contributed by atoms with Gasteiger partial charge in [0.2, 0.25) is 5.91 Å². The lowest BCUT2D eigenvalue weighted by molar-refractivity contribution is -0.147. The van der Waals surface area contributed by atoms with E-state index < -0.39 is 17.8 Å². The van der Waals surface area contributed by atoms with Crippen LogP contribution in [-0.2, 0) is 9.59 Å². The number of carboxylic acid groups (broad SMARTS) is 1. The third-order valence-corrected chi connectivity index (χ3v) is 3.11. The van der Waals surface area contributed by atoms with Crippen molar-refractivity contribution in [2.45, 2.75) is 25.7 Å². The van der Waals surface area contributed by atoms with Crippen LogP contribution in [0.5, 0.6) is 0 Å². The van der Waals surface area contributed by atoms with E-state index in [4.69, 9.17) is 5.11 Å². The normalized spacial score (nSPS) is 24.2. The van der Waals surface area contributed by atoms with E-state index in [2.05, 4.69) is 15.0 Å². The third-order valence-electron chi connectivity index (χ3n) is 3.11. The van der Waals surface area contributed by atoms with E-state index in [-0.39, 0.29) is 5.91 Å². The number of carbonyl (C=O) groups is 2. The molecule has 6 nitrogen and oxygen atoms in total. The summed E-state index contributed by atoms with van der Waals surface area (Å²) in [6.07, 6.45) is 4.28. The van der Waals surface area contributed by atoms with Crippen LogP contribution in [-0.4, -0.2) is 22.1 Å². The summed E-state index contributed by atoms with van der Waals surface area (Å²) in [5, 5.41) is 15.2. The molecular formula is C11H14N2O4. The van der Waals surface area contributed by atoms with Crippen molar-refractivity contribution in [3.8, 4) is 0 Å². The molecule has 0 spiro atoms. The lowest BCUT2D eigenvalue weighted by Crippen LogP contribution is -2.36. The smallest absolute Gasteiger partial charge is 0.307 e. The number of anilines is 1. The molecule has 1 heterocycles. The van der Waals surface area contributed by atoms with Crippen LogP contribution >= 0.6 is 0 Å². The van der Waals surface area contributed by atoms with Crippen LogP contribution in [0.15, 0.2) is 16.9 Å². The quantitative estimate of drug-likeness (QED) is 0.832. The van der Waals surface area contributed by atoms with Gasteiger partial charge in [-0.3, -0.25) is 9.59 Å². The van der Waals surface area contributed by atoms with Crippen molar-refractivity contribution in [2.24, 2.45) is 11.8 Å². The minimum atomic E-state index is -0.898. The molecule has 2 rings (SSSR count). The summed E-state index contributed by atoms with van der Waals surface area (Å²) in [5.74, 6) is -1.92. The van der Waals surface area contributed by atoms with Gasteiger partial charge in [0.1, 0.15) is 6.26 Å². The SMILES string of the molecule is O=C(O)[C@H]1CCCC[C@H]1C(=O)Nc1ccon1. The Balaban J connectivity index is 2.03. The zero-order valence-corrected chi connectivity index (χ0v) is 9.26. The van der Waals surface area contributed by atoms with Gasteiger partial charge in [-0.15, -0.1) is 0 Å². The molecule has 1 aromatic rings. The van der Waals surface area contributed by atoms with E-state index in [9.17, 15) is 9.59 Å². The van der Waals surface area contributed by atoms with Gasteiger partial charge in [-0.25, -0.2) is 0 Å².